The summed E-state index contributed by atoms with van der Waals surface area (Å²) >= 11 is 0. The van der Waals surface area contributed by atoms with E-state index in [1.54, 1.807) is 53.4 Å². The topological polar surface area (TPSA) is 110 Å². The smallest absolute Gasteiger partial charge is 0.265 e. The van der Waals surface area contributed by atoms with Crippen LogP contribution in [0.4, 0.5) is 5.69 Å². The lowest BCUT2D eigenvalue weighted by Crippen LogP contribution is -2.53. The first-order valence-corrected chi connectivity index (χ1v) is 11.8. The fourth-order valence-corrected chi connectivity index (χ4v) is 5.63. The number of rotatable bonds is 5. The molecule has 4 rings (SSSR count). The number of hydrogen-bond acceptors (Lipinski definition) is 5. The molecule has 164 valence electrons. The van der Waals surface area contributed by atoms with Gasteiger partial charge in [-0.3, -0.25) is 13.9 Å². The molecule has 2 aliphatic heterocycles. The number of ether oxygens (including phenoxy) is 1. The van der Waals surface area contributed by atoms with Gasteiger partial charge >= 0.3 is 0 Å². The van der Waals surface area contributed by atoms with Gasteiger partial charge < -0.3 is 15.4 Å². The Labute approximate surface area is 181 Å². The van der Waals surface area contributed by atoms with Gasteiger partial charge in [0.15, 0.2) is 6.10 Å². The molecule has 0 aromatic heterocycles. The summed E-state index contributed by atoms with van der Waals surface area (Å²) in [4.78, 5) is 26.2. The molecule has 8 nitrogen and oxygen atoms in total. The summed E-state index contributed by atoms with van der Waals surface area (Å²) in [5.74, 6) is -0.686. The summed E-state index contributed by atoms with van der Waals surface area (Å²) in [5.41, 5.74) is 6.47. The van der Waals surface area contributed by atoms with E-state index in [0.29, 0.717) is 42.9 Å². The van der Waals surface area contributed by atoms with E-state index in [0.717, 1.165) is 0 Å². The maximum Gasteiger partial charge on any atom is 0.265 e. The zero-order chi connectivity index (χ0) is 22.0. The second kappa shape index (κ2) is 8.58. The van der Waals surface area contributed by atoms with Gasteiger partial charge in [-0.2, -0.15) is 0 Å². The van der Waals surface area contributed by atoms with Gasteiger partial charge in [-0.15, -0.1) is 0 Å². The van der Waals surface area contributed by atoms with Crippen molar-refractivity contribution in [1.29, 1.82) is 0 Å². The number of nitrogens with zero attached hydrogens (tertiary/aromatic N) is 2. The average Bonchev–Trinajstić information content (AvgIpc) is 2.78. The Morgan fingerprint density at radius 2 is 1.65 bits per heavy atom. The number of nitrogens with two attached hydrogens (primary N) is 1. The molecule has 1 fully saturated rings. The minimum atomic E-state index is -3.75. The van der Waals surface area contributed by atoms with Crippen LogP contribution in [0.2, 0.25) is 0 Å². The number of para-hydroxylation sites is 2. The Hall–Kier alpha value is -3.07. The average molecular weight is 444 g/mol. The number of likely N-dealkylation sites (tertiary alicyclic amines) is 1. The van der Waals surface area contributed by atoms with E-state index in [4.69, 9.17) is 10.5 Å². The van der Waals surface area contributed by atoms with E-state index in [-0.39, 0.29) is 30.0 Å². The van der Waals surface area contributed by atoms with Crippen LogP contribution < -0.4 is 14.8 Å². The predicted octanol–water partition coefficient (Wildman–Crippen LogP) is 1.51. The number of amides is 2. The highest BCUT2D eigenvalue weighted by atomic mass is 32.2. The molecule has 2 N–H and O–H groups in total. The Bertz CT molecular complexity index is 1070. The molecule has 2 aromatic carbocycles. The normalized spacial score (nSPS) is 19.4. The molecule has 2 amide bonds. The highest BCUT2D eigenvalue weighted by Crippen LogP contribution is 2.36. The van der Waals surface area contributed by atoms with Crippen molar-refractivity contribution in [2.75, 3.05) is 23.9 Å². The maximum absolute atomic E-state index is 13.3. The Morgan fingerprint density at radius 3 is 2.32 bits per heavy atom. The molecular formula is C22H25N3O5S. The van der Waals surface area contributed by atoms with Gasteiger partial charge in [-0.1, -0.05) is 42.5 Å². The van der Waals surface area contributed by atoms with E-state index in [9.17, 15) is 18.0 Å². The molecule has 0 saturated carbocycles. The van der Waals surface area contributed by atoms with Crippen molar-refractivity contribution in [3.05, 3.63) is 60.2 Å². The van der Waals surface area contributed by atoms with Crippen molar-refractivity contribution < 1.29 is 22.7 Å². The van der Waals surface area contributed by atoms with Crippen LogP contribution in [0.3, 0.4) is 0 Å². The van der Waals surface area contributed by atoms with Gasteiger partial charge in [0.1, 0.15) is 5.75 Å². The lowest BCUT2D eigenvalue weighted by Gasteiger charge is -2.38. The number of piperidine rings is 1. The quantitative estimate of drug-likeness (QED) is 0.753. The van der Waals surface area contributed by atoms with E-state index < -0.39 is 16.1 Å². The first kappa shape index (κ1) is 21.2. The van der Waals surface area contributed by atoms with Gasteiger partial charge in [-0.05, 0) is 30.5 Å². The van der Waals surface area contributed by atoms with Crippen LogP contribution in [-0.4, -0.2) is 50.9 Å². The molecule has 31 heavy (non-hydrogen) atoms. The molecule has 1 saturated heterocycles. The zero-order valence-electron chi connectivity index (χ0n) is 17.0. The molecule has 2 aromatic rings. The molecule has 0 spiro atoms. The fourth-order valence-electron chi connectivity index (χ4n) is 4.05. The van der Waals surface area contributed by atoms with Crippen LogP contribution in [0.5, 0.6) is 5.75 Å². The van der Waals surface area contributed by atoms with Gasteiger partial charge in [0.25, 0.3) is 5.91 Å². The number of anilines is 1. The second-order valence-electron chi connectivity index (χ2n) is 7.85. The van der Waals surface area contributed by atoms with Crippen molar-refractivity contribution in [2.24, 2.45) is 11.7 Å². The van der Waals surface area contributed by atoms with Crippen molar-refractivity contribution in [1.82, 2.24) is 4.90 Å². The van der Waals surface area contributed by atoms with E-state index in [2.05, 4.69) is 0 Å². The largest absolute Gasteiger partial charge is 0.476 e. The number of carbonyl (C=O) groups is 2. The van der Waals surface area contributed by atoms with E-state index >= 15 is 0 Å². The van der Waals surface area contributed by atoms with Crippen molar-refractivity contribution in [3.63, 3.8) is 0 Å². The number of benzene rings is 2. The molecule has 0 aliphatic carbocycles. The van der Waals surface area contributed by atoms with Crippen LogP contribution in [0, 0.1) is 5.92 Å². The monoisotopic (exact) mass is 443 g/mol. The zero-order valence-corrected chi connectivity index (χ0v) is 17.8. The molecule has 2 heterocycles. The molecule has 0 unspecified atom stereocenters. The lowest BCUT2D eigenvalue weighted by atomic mass is 9.96. The molecule has 9 heteroatoms. The predicted molar refractivity (Wildman–Crippen MR) is 116 cm³/mol. The van der Waals surface area contributed by atoms with Gasteiger partial charge in [0.2, 0.25) is 15.9 Å². The van der Waals surface area contributed by atoms with E-state index in [1.807, 2.05) is 6.07 Å². The van der Waals surface area contributed by atoms with E-state index in [1.165, 1.54) is 4.31 Å². The summed E-state index contributed by atoms with van der Waals surface area (Å²) in [6.45, 7) is 0.691. The third-order valence-corrected chi connectivity index (χ3v) is 7.46. The van der Waals surface area contributed by atoms with Gasteiger partial charge in [-0.25, -0.2) is 8.42 Å². The number of fused-ring (bicyclic) bond motifs is 1. The maximum atomic E-state index is 13.3. The third-order valence-electron chi connectivity index (χ3n) is 5.75. The summed E-state index contributed by atoms with van der Waals surface area (Å²) in [6.07, 6.45) is 0.0476. The standard InChI is InChI=1S/C22H25N3O5S/c23-21(26)17-10-12-24(13-11-17)22(27)20-14-25(18-8-4-5-9-19(18)30-20)31(28,29)15-16-6-2-1-3-7-16/h1-9,17,20H,10-15H2,(H2,23,26)/t20-/m1/s1. The van der Waals surface area contributed by atoms with Crippen molar-refractivity contribution in [2.45, 2.75) is 24.7 Å². The van der Waals surface area contributed by atoms with Crippen LogP contribution in [-0.2, 0) is 25.4 Å². The Morgan fingerprint density at radius 1 is 1.00 bits per heavy atom. The number of hydrogen-bond donors (Lipinski definition) is 1. The summed E-state index contributed by atoms with van der Waals surface area (Å²) in [5, 5.41) is 0. The highest BCUT2D eigenvalue weighted by molar-refractivity contribution is 7.92. The summed E-state index contributed by atoms with van der Waals surface area (Å²) < 4.78 is 33.7. The minimum absolute atomic E-state index is 0.0965. The molecular weight excluding hydrogens is 418 g/mol. The first-order valence-electron chi connectivity index (χ1n) is 10.2. The highest BCUT2D eigenvalue weighted by Gasteiger charge is 2.39. The molecule has 0 radical (unpaired) electrons. The summed E-state index contributed by atoms with van der Waals surface area (Å²) in [7, 11) is -3.75. The number of primary amides is 1. The second-order valence-corrected chi connectivity index (χ2v) is 9.74. The Balaban J connectivity index is 1.56. The first-order chi connectivity index (χ1) is 14.8. The van der Waals surface area contributed by atoms with Crippen LogP contribution in [0.1, 0.15) is 18.4 Å². The third kappa shape index (κ3) is 4.51. The molecule has 2 aliphatic rings. The fraction of sp³-hybridized carbons (Fsp3) is 0.364. The van der Waals surface area contributed by atoms with Crippen LogP contribution in [0.15, 0.2) is 54.6 Å². The summed E-state index contributed by atoms with van der Waals surface area (Å²) in [6, 6.07) is 15.8. The number of sulfonamides is 1. The van der Waals surface area contributed by atoms with Crippen LogP contribution >= 0.6 is 0 Å². The minimum Gasteiger partial charge on any atom is -0.476 e. The number of carbonyl (C=O) groups excluding carboxylic acids is 2. The van der Waals surface area contributed by atoms with Crippen LogP contribution in [0.25, 0.3) is 0 Å². The van der Waals surface area contributed by atoms with Crippen molar-refractivity contribution >= 4 is 27.5 Å². The molecule has 0 bridgehead atoms. The van der Waals surface area contributed by atoms with Gasteiger partial charge in [0, 0.05) is 19.0 Å². The molecule has 1 atom stereocenters. The lowest BCUT2D eigenvalue weighted by molar-refractivity contribution is -0.141. The Kier molecular flexibility index (Phi) is 5.86. The van der Waals surface area contributed by atoms with Crippen molar-refractivity contribution in [3.8, 4) is 5.75 Å². The SMILES string of the molecule is NC(=O)C1CCN(C(=O)[C@H]2CN(S(=O)(=O)Cc3ccccc3)c3ccccc3O2)CC1. The van der Waals surface area contributed by atoms with Gasteiger partial charge in [0.05, 0.1) is 18.0 Å².